The molecule has 1 fully saturated rings. The molecule has 5 heteroatoms. The van der Waals surface area contributed by atoms with Crippen LogP contribution in [0.2, 0.25) is 0 Å². The zero-order chi connectivity index (χ0) is 13.2. The summed E-state index contributed by atoms with van der Waals surface area (Å²) in [6.45, 7) is 0. The van der Waals surface area contributed by atoms with Crippen LogP contribution in [0.1, 0.15) is 43.7 Å². The van der Waals surface area contributed by atoms with E-state index in [4.69, 9.17) is 5.26 Å². The van der Waals surface area contributed by atoms with E-state index in [-0.39, 0.29) is 0 Å². The van der Waals surface area contributed by atoms with Crippen molar-refractivity contribution in [3.8, 4) is 6.07 Å². The van der Waals surface area contributed by atoms with E-state index in [0.29, 0.717) is 18.3 Å². The highest BCUT2D eigenvalue weighted by atomic mass is 79.9. The van der Waals surface area contributed by atoms with Crippen molar-refractivity contribution in [3.05, 3.63) is 28.8 Å². The molecule has 1 aliphatic carbocycles. The van der Waals surface area contributed by atoms with E-state index in [1.54, 1.807) is 0 Å². The first-order chi connectivity index (χ1) is 9.29. The van der Waals surface area contributed by atoms with Gasteiger partial charge in [-0.3, -0.25) is 4.98 Å². The molecule has 0 unspecified atom stereocenters. The number of halogens is 1. The van der Waals surface area contributed by atoms with Crippen LogP contribution in [0, 0.1) is 17.2 Å². The van der Waals surface area contributed by atoms with E-state index >= 15 is 0 Å². The molecule has 98 valence electrons. The molecule has 0 spiro atoms. The van der Waals surface area contributed by atoms with Gasteiger partial charge in [-0.2, -0.15) is 10.4 Å². The van der Waals surface area contributed by atoms with Crippen molar-refractivity contribution in [1.29, 1.82) is 5.26 Å². The number of fused-ring (bicyclic) bond motifs is 1. The predicted molar refractivity (Wildman–Crippen MR) is 75.6 cm³/mol. The quantitative estimate of drug-likeness (QED) is 0.848. The van der Waals surface area contributed by atoms with Gasteiger partial charge < -0.3 is 0 Å². The third-order valence-electron chi connectivity index (χ3n) is 4.03. The lowest BCUT2D eigenvalue weighted by molar-refractivity contribution is 0.328. The minimum atomic E-state index is 0.492. The van der Waals surface area contributed by atoms with Crippen LogP contribution in [0.15, 0.2) is 23.1 Å². The Kier molecular flexibility index (Phi) is 3.52. The van der Waals surface area contributed by atoms with E-state index in [1.807, 2.05) is 23.1 Å². The largest absolute Gasteiger partial charge is 0.257 e. The highest BCUT2D eigenvalue weighted by Gasteiger charge is 2.25. The number of aromatic nitrogens is 3. The molecule has 4 nitrogen and oxygen atoms in total. The second kappa shape index (κ2) is 5.30. The molecule has 0 aliphatic heterocycles. The molecule has 2 aromatic rings. The van der Waals surface area contributed by atoms with Crippen LogP contribution >= 0.6 is 15.9 Å². The molecule has 19 heavy (non-hydrogen) atoms. The molecule has 1 saturated carbocycles. The average molecular weight is 319 g/mol. The van der Waals surface area contributed by atoms with E-state index in [0.717, 1.165) is 41.4 Å². The van der Waals surface area contributed by atoms with Gasteiger partial charge in [0.1, 0.15) is 5.52 Å². The van der Waals surface area contributed by atoms with Crippen molar-refractivity contribution in [3.63, 3.8) is 0 Å². The molecule has 2 heterocycles. The lowest BCUT2D eigenvalue weighted by Gasteiger charge is -2.27. The van der Waals surface area contributed by atoms with E-state index in [2.05, 4.69) is 32.1 Å². The smallest absolute Gasteiger partial charge is 0.102 e. The van der Waals surface area contributed by atoms with Gasteiger partial charge in [0.2, 0.25) is 0 Å². The number of hydrogen-bond donors (Lipinski definition) is 0. The first-order valence-corrected chi connectivity index (χ1v) is 7.43. The lowest BCUT2D eigenvalue weighted by Crippen LogP contribution is -2.14. The van der Waals surface area contributed by atoms with Crippen molar-refractivity contribution < 1.29 is 0 Å². The van der Waals surface area contributed by atoms with Crippen LogP contribution in [0.5, 0.6) is 0 Å². The highest BCUT2D eigenvalue weighted by molar-refractivity contribution is 9.10. The third kappa shape index (κ3) is 2.37. The molecule has 1 aliphatic rings. The first kappa shape index (κ1) is 12.6. The number of nitrogens with zero attached hydrogens (tertiary/aromatic N) is 4. The third-order valence-corrected chi connectivity index (χ3v) is 4.61. The van der Waals surface area contributed by atoms with E-state index in [9.17, 15) is 0 Å². The molecule has 0 radical (unpaired) electrons. The zero-order valence-electron chi connectivity index (χ0n) is 10.6. The summed E-state index contributed by atoms with van der Waals surface area (Å²) in [7, 11) is 0. The van der Waals surface area contributed by atoms with E-state index < -0.39 is 0 Å². The van der Waals surface area contributed by atoms with Crippen molar-refractivity contribution in [2.45, 2.75) is 38.0 Å². The van der Waals surface area contributed by atoms with Crippen LogP contribution in [-0.4, -0.2) is 14.6 Å². The van der Waals surface area contributed by atoms with Gasteiger partial charge in [-0.15, -0.1) is 0 Å². The molecule has 0 aromatic carbocycles. The minimum absolute atomic E-state index is 0.492. The van der Waals surface area contributed by atoms with Crippen LogP contribution in [0.3, 0.4) is 0 Å². The fraction of sp³-hybridized carbons (Fsp3) is 0.500. The van der Waals surface area contributed by atoms with Crippen molar-refractivity contribution >= 4 is 21.4 Å². The summed E-state index contributed by atoms with van der Waals surface area (Å²) in [4.78, 5) is 4.58. The Balaban J connectivity index is 1.86. The van der Waals surface area contributed by atoms with Crippen LogP contribution in [-0.2, 0) is 0 Å². The standard InChI is InChI=1S/C14H15BrN4/c15-12-9-18-19-8-7-17-13(14(12)19)11-3-1-10(2-4-11)5-6-16/h7-11H,1-5H2/t10-,11+. The molecule has 0 N–H and O–H groups in total. The molecule has 0 amide bonds. The fourth-order valence-electron chi connectivity index (χ4n) is 3.00. The molecule has 0 saturated heterocycles. The second-order valence-corrected chi connectivity index (χ2v) is 6.03. The van der Waals surface area contributed by atoms with Gasteiger partial charge in [-0.25, -0.2) is 4.52 Å². The Bertz CT molecular complexity index is 620. The van der Waals surface area contributed by atoms with Gasteiger partial charge in [0.15, 0.2) is 0 Å². The first-order valence-electron chi connectivity index (χ1n) is 6.64. The number of hydrogen-bond acceptors (Lipinski definition) is 3. The Morgan fingerprint density at radius 3 is 2.89 bits per heavy atom. The van der Waals surface area contributed by atoms with E-state index in [1.165, 1.54) is 0 Å². The van der Waals surface area contributed by atoms with Gasteiger partial charge in [0.05, 0.1) is 22.4 Å². The SMILES string of the molecule is N#CC[C@H]1CC[C@@H](c2nccn3ncc(Br)c23)CC1. The van der Waals surface area contributed by atoms with Crippen molar-refractivity contribution in [1.82, 2.24) is 14.6 Å². The maximum atomic E-state index is 8.77. The Labute approximate surface area is 120 Å². The number of nitriles is 1. The van der Waals surface area contributed by atoms with Crippen LogP contribution < -0.4 is 0 Å². The Hall–Kier alpha value is -1.41. The zero-order valence-corrected chi connectivity index (χ0v) is 12.2. The monoisotopic (exact) mass is 318 g/mol. The Morgan fingerprint density at radius 1 is 1.37 bits per heavy atom. The summed E-state index contributed by atoms with van der Waals surface area (Å²) < 4.78 is 2.89. The van der Waals surface area contributed by atoms with Gasteiger partial charge >= 0.3 is 0 Å². The molecule has 3 rings (SSSR count). The maximum Gasteiger partial charge on any atom is 0.102 e. The summed E-state index contributed by atoms with van der Waals surface area (Å²) in [6, 6.07) is 2.29. The highest BCUT2D eigenvalue weighted by Crippen LogP contribution is 2.38. The molecular formula is C14H15BrN4. The minimum Gasteiger partial charge on any atom is -0.257 e. The summed E-state index contributed by atoms with van der Waals surface area (Å²) >= 11 is 3.55. The summed E-state index contributed by atoms with van der Waals surface area (Å²) in [5, 5.41) is 13.1. The lowest BCUT2D eigenvalue weighted by atomic mass is 9.79. The summed E-state index contributed by atoms with van der Waals surface area (Å²) in [5.74, 6) is 1.07. The molecule has 0 bridgehead atoms. The average Bonchev–Trinajstić information content (AvgIpc) is 2.82. The fourth-order valence-corrected chi connectivity index (χ4v) is 3.48. The van der Waals surface area contributed by atoms with Crippen LogP contribution in [0.25, 0.3) is 5.52 Å². The molecular weight excluding hydrogens is 304 g/mol. The maximum absolute atomic E-state index is 8.77. The van der Waals surface area contributed by atoms with Gasteiger partial charge in [-0.1, -0.05) is 0 Å². The second-order valence-electron chi connectivity index (χ2n) is 5.18. The molecule has 2 aromatic heterocycles. The number of rotatable bonds is 2. The molecule has 0 atom stereocenters. The van der Waals surface area contributed by atoms with Gasteiger partial charge in [0.25, 0.3) is 0 Å². The predicted octanol–water partition coefficient (Wildman–Crippen LogP) is 3.68. The van der Waals surface area contributed by atoms with Gasteiger partial charge in [-0.05, 0) is 47.5 Å². The summed E-state index contributed by atoms with van der Waals surface area (Å²) in [6.07, 6.45) is 10.7. The van der Waals surface area contributed by atoms with Gasteiger partial charge in [0, 0.05) is 24.7 Å². The van der Waals surface area contributed by atoms with Crippen molar-refractivity contribution in [2.24, 2.45) is 5.92 Å². The normalized spacial score (nSPS) is 23.4. The van der Waals surface area contributed by atoms with Crippen molar-refractivity contribution in [2.75, 3.05) is 0 Å². The summed E-state index contributed by atoms with van der Waals surface area (Å²) in [5.41, 5.74) is 2.23. The Morgan fingerprint density at radius 2 is 2.16 bits per heavy atom. The topological polar surface area (TPSA) is 54.0 Å². The van der Waals surface area contributed by atoms with Crippen LogP contribution in [0.4, 0.5) is 0 Å².